The number of esters is 1. The van der Waals surface area contributed by atoms with E-state index in [0.717, 1.165) is 141 Å². The van der Waals surface area contributed by atoms with Crippen molar-refractivity contribution in [1.29, 1.82) is 0 Å². The van der Waals surface area contributed by atoms with Gasteiger partial charge >= 0.3 is 11.9 Å². The van der Waals surface area contributed by atoms with Gasteiger partial charge in [0.2, 0.25) is 0 Å². The van der Waals surface area contributed by atoms with Crippen molar-refractivity contribution >= 4 is 11.9 Å². The Kier molecular flexibility index (Phi) is 53.9. The van der Waals surface area contributed by atoms with Gasteiger partial charge in [0.15, 0.2) is 0 Å². The zero-order valence-corrected chi connectivity index (χ0v) is 40.4. The molecule has 0 radical (unpaired) electrons. The van der Waals surface area contributed by atoms with Gasteiger partial charge in [0, 0.05) is 12.8 Å². The number of ether oxygens (including phenoxy) is 1. The zero-order valence-electron chi connectivity index (χ0n) is 40.4. The van der Waals surface area contributed by atoms with Crippen LogP contribution in [0.25, 0.3) is 0 Å². The van der Waals surface area contributed by atoms with Crippen LogP contribution in [0, 0.1) is 0 Å². The number of carbonyl (C=O) groups is 2. The molecule has 0 aliphatic carbocycles. The van der Waals surface area contributed by atoms with Crippen molar-refractivity contribution in [3.63, 3.8) is 0 Å². The molecule has 0 fully saturated rings. The van der Waals surface area contributed by atoms with Crippen LogP contribution in [0.5, 0.6) is 0 Å². The Hall–Kier alpha value is -4.22. The van der Waals surface area contributed by atoms with Crippen molar-refractivity contribution in [2.24, 2.45) is 0 Å². The number of aliphatic hydroxyl groups excluding tert-OH is 1. The number of allylic oxidation sites excluding steroid dienone is 24. The summed E-state index contributed by atoms with van der Waals surface area (Å²) in [6, 6.07) is 0. The smallest absolute Gasteiger partial charge is 0.305 e. The summed E-state index contributed by atoms with van der Waals surface area (Å²) in [6.45, 7) is 6.59. The summed E-state index contributed by atoms with van der Waals surface area (Å²) in [4.78, 5) is 21.7. The highest BCUT2D eigenvalue weighted by atomic mass is 16.5. The van der Waals surface area contributed by atoms with Gasteiger partial charge in [-0.25, -0.2) is 0 Å². The molecule has 0 aliphatic heterocycles. The average Bonchev–Trinajstić information content (AvgIpc) is 3.27. The molecule has 0 saturated heterocycles. The molecule has 0 amide bonds. The number of aliphatic hydroxyl groups is 1. The van der Waals surface area contributed by atoms with E-state index >= 15 is 0 Å². The van der Waals surface area contributed by atoms with E-state index in [1.807, 2.05) is 6.92 Å². The predicted molar refractivity (Wildman–Crippen MR) is 276 cm³/mol. The summed E-state index contributed by atoms with van der Waals surface area (Å²) >= 11 is 0. The number of rotatable bonds is 41. The molecule has 1 unspecified atom stereocenters. The third-order valence-electron chi connectivity index (χ3n) is 9.59. The minimum Gasteiger partial charge on any atom is -0.481 e. The molecular weight excluding hydrogens is 777 g/mol. The van der Waals surface area contributed by atoms with Crippen LogP contribution >= 0.6 is 0 Å². The van der Waals surface area contributed by atoms with Crippen LogP contribution in [0.2, 0.25) is 0 Å². The Morgan fingerprint density at radius 3 is 1.08 bits per heavy atom. The third kappa shape index (κ3) is 59.9. The summed E-state index contributed by atoms with van der Waals surface area (Å²) in [5.41, 5.74) is 0. The third-order valence-corrected chi connectivity index (χ3v) is 9.59. The van der Waals surface area contributed by atoms with Gasteiger partial charge in [-0.05, 0) is 129 Å². The van der Waals surface area contributed by atoms with Gasteiger partial charge in [-0.15, -0.1) is 0 Å². The molecule has 0 rings (SSSR count). The molecule has 354 valence electrons. The van der Waals surface area contributed by atoms with E-state index in [1.165, 1.54) is 19.3 Å². The molecule has 2 N–H and O–H groups in total. The molecule has 0 aromatic carbocycles. The van der Waals surface area contributed by atoms with E-state index in [1.54, 1.807) is 0 Å². The monoisotopic (exact) mass is 869 g/mol. The van der Waals surface area contributed by atoms with Crippen LogP contribution in [-0.2, 0) is 14.3 Å². The van der Waals surface area contributed by atoms with Crippen molar-refractivity contribution in [2.45, 2.75) is 200 Å². The highest BCUT2D eigenvalue weighted by molar-refractivity contribution is 5.69. The zero-order chi connectivity index (χ0) is 46.2. The van der Waals surface area contributed by atoms with Crippen molar-refractivity contribution in [3.8, 4) is 0 Å². The second-order valence-corrected chi connectivity index (χ2v) is 15.5. The predicted octanol–water partition coefficient (Wildman–Crippen LogP) is 17.2. The summed E-state index contributed by atoms with van der Waals surface area (Å²) < 4.78 is 4.91. The lowest BCUT2D eigenvalue weighted by atomic mass is 10.1. The van der Waals surface area contributed by atoms with Crippen LogP contribution in [0.15, 0.2) is 146 Å². The lowest BCUT2D eigenvalue weighted by molar-refractivity contribution is -0.143. The Morgan fingerprint density at radius 1 is 0.381 bits per heavy atom. The van der Waals surface area contributed by atoms with Crippen LogP contribution < -0.4 is 0 Å². The Bertz CT molecular complexity index is 1360. The van der Waals surface area contributed by atoms with Crippen LogP contribution in [-0.4, -0.2) is 34.9 Å². The molecule has 0 bridgehead atoms. The van der Waals surface area contributed by atoms with Crippen LogP contribution in [0.4, 0.5) is 0 Å². The maximum Gasteiger partial charge on any atom is 0.305 e. The second kappa shape index (κ2) is 55.8. The number of unbranched alkanes of at least 4 members (excludes halogenated alkanes) is 8. The van der Waals surface area contributed by atoms with Gasteiger partial charge in [-0.3, -0.25) is 9.59 Å². The van der Waals surface area contributed by atoms with E-state index in [2.05, 4.69) is 160 Å². The van der Waals surface area contributed by atoms with Crippen LogP contribution in [0.1, 0.15) is 194 Å². The molecule has 5 nitrogen and oxygen atoms in total. The summed E-state index contributed by atoms with van der Waals surface area (Å²) in [7, 11) is 0. The first kappa shape index (κ1) is 60.9. The topological polar surface area (TPSA) is 83.8 Å². The van der Waals surface area contributed by atoms with Gasteiger partial charge in [-0.1, -0.05) is 198 Å². The highest BCUT2D eigenvalue weighted by Crippen LogP contribution is 2.11. The second-order valence-electron chi connectivity index (χ2n) is 15.5. The summed E-state index contributed by atoms with van der Waals surface area (Å²) in [5, 5.41) is 18.6. The fraction of sp³-hybridized carbons (Fsp3) is 0.552. The molecule has 0 saturated carbocycles. The summed E-state index contributed by atoms with van der Waals surface area (Å²) in [6.07, 6.45) is 79.2. The van der Waals surface area contributed by atoms with Gasteiger partial charge in [0.1, 0.15) is 0 Å². The first-order valence-corrected chi connectivity index (χ1v) is 24.8. The van der Waals surface area contributed by atoms with Crippen molar-refractivity contribution in [2.75, 3.05) is 6.61 Å². The van der Waals surface area contributed by atoms with Crippen molar-refractivity contribution in [1.82, 2.24) is 0 Å². The largest absolute Gasteiger partial charge is 0.481 e. The number of aliphatic carboxylic acids is 1. The van der Waals surface area contributed by atoms with Gasteiger partial charge in [0.05, 0.1) is 12.7 Å². The van der Waals surface area contributed by atoms with Crippen molar-refractivity contribution < 1.29 is 24.5 Å². The minimum atomic E-state index is -0.673. The van der Waals surface area contributed by atoms with Crippen molar-refractivity contribution in [3.05, 3.63) is 146 Å². The first-order valence-electron chi connectivity index (χ1n) is 24.8. The van der Waals surface area contributed by atoms with E-state index in [0.29, 0.717) is 19.4 Å². The molecular formula is C58H92O5. The SMILES string of the molecule is CC/C=C\C/C=C\C/C=C\C/C=C\C/C=C\C/C=C\CCC(O)CCCCCC(=O)OCC.CC/C=C\C/C=C\C/C=C\C/C=C\C/C=C\C/C=C\CCCCCCCCC(=O)O. The quantitative estimate of drug-likeness (QED) is 0.0363. The lowest BCUT2D eigenvalue weighted by Gasteiger charge is -2.08. The maximum absolute atomic E-state index is 11.2. The Labute approximate surface area is 387 Å². The van der Waals surface area contributed by atoms with Gasteiger partial charge in [-0.2, -0.15) is 0 Å². The highest BCUT2D eigenvalue weighted by Gasteiger charge is 2.04. The number of carbonyl (C=O) groups excluding carboxylic acids is 1. The average molecular weight is 869 g/mol. The fourth-order valence-electron chi connectivity index (χ4n) is 6.02. The first-order chi connectivity index (χ1) is 31.0. The lowest BCUT2D eigenvalue weighted by Crippen LogP contribution is -2.06. The van der Waals surface area contributed by atoms with E-state index in [9.17, 15) is 14.7 Å². The number of carboxylic acid groups (broad SMARTS) is 1. The van der Waals surface area contributed by atoms with Crippen LogP contribution in [0.3, 0.4) is 0 Å². The minimum absolute atomic E-state index is 0.115. The standard InChI is InChI=1S/C30H48O3.C28H44O2/c1-3-5-6-7-8-9-10-11-12-13-14-15-16-17-18-19-20-21-23-26-29(31)27-24-22-25-28-30(32)33-4-2;1-2-3-4-5-6-7-8-9-10-11-12-13-14-15-16-17-18-19-20-21-22-23-24-25-26-27-28(29)30/h5-6,8-9,11-12,14-15,17-18,20-21,29,31H,3-4,7,10,13,16,19,22-28H2,1-2H3;3-4,6-7,9-10,12-13,15-16,18-19H,2,5,8,11,14,17,20-27H2,1H3,(H,29,30)/b6-5-,9-8-,12-11-,15-14-,18-17-,21-20-;4-3-,7-6-,10-9-,13-12-,16-15-,19-18-. The number of carboxylic acids is 1. The Balaban J connectivity index is 0. The molecule has 5 heteroatoms. The molecule has 0 heterocycles. The molecule has 0 aliphatic rings. The molecule has 1 atom stereocenters. The summed E-state index contributed by atoms with van der Waals surface area (Å²) in [5.74, 6) is -0.789. The van der Waals surface area contributed by atoms with E-state index < -0.39 is 5.97 Å². The van der Waals surface area contributed by atoms with Gasteiger partial charge < -0.3 is 14.9 Å². The Morgan fingerprint density at radius 2 is 0.698 bits per heavy atom. The number of hydrogen-bond donors (Lipinski definition) is 2. The molecule has 0 spiro atoms. The fourth-order valence-corrected chi connectivity index (χ4v) is 6.02. The molecule has 0 aromatic rings. The van der Waals surface area contributed by atoms with E-state index in [-0.39, 0.29) is 12.1 Å². The van der Waals surface area contributed by atoms with Gasteiger partial charge in [0.25, 0.3) is 0 Å². The molecule has 0 aromatic heterocycles. The normalized spacial score (nSPS) is 13.3. The molecule has 63 heavy (non-hydrogen) atoms. The number of hydrogen-bond acceptors (Lipinski definition) is 4. The van der Waals surface area contributed by atoms with E-state index in [4.69, 9.17) is 9.84 Å². The maximum atomic E-state index is 11.2.